The van der Waals surface area contributed by atoms with Gasteiger partial charge in [-0.2, -0.15) is 5.10 Å². The quantitative estimate of drug-likeness (QED) is 0.624. The lowest BCUT2D eigenvalue weighted by molar-refractivity contribution is 0.214. The van der Waals surface area contributed by atoms with Crippen LogP contribution in [0.4, 0.5) is 0 Å². The lowest BCUT2D eigenvalue weighted by atomic mass is 10.1. The molecule has 7 nitrogen and oxygen atoms in total. The number of rotatable bonds is 6. The van der Waals surface area contributed by atoms with Crippen LogP contribution in [0.25, 0.3) is 5.82 Å². The average Bonchev–Trinajstić information content (AvgIpc) is 3.53. The van der Waals surface area contributed by atoms with Crippen LogP contribution in [0.15, 0.2) is 41.0 Å². The number of likely N-dealkylation sites (tertiary alicyclic amines) is 1. The molecule has 4 heterocycles. The second kappa shape index (κ2) is 8.20. The van der Waals surface area contributed by atoms with E-state index in [1.807, 2.05) is 22.1 Å². The largest absolute Gasteiger partial charge is 0.293 e. The topological polar surface area (TPSA) is 68.8 Å². The van der Waals surface area contributed by atoms with Crippen molar-refractivity contribution in [2.45, 2.75) is 63.6 Å². The summed E-state index contributed by atoms with van der Waals surface area (Å²) in [6.45, 7) is 2.53. The Morgan fingerprint density at radius 3 is 2.86 bits per heavy atom. The SMILES string of the molecule is O=c1ccc(-n2ccnc2)nn1CC1CCCN1Cc1csc(C2CCCC2)n1. The number of hydrogen-bond acceptors (Lipinski definition) is 6. The van der Waals surface area contributed by atoms with Crippen LogP contribution in [0.5, 0.6) is 0 Å². The fourth-order valence-corrected chi connectivity index (χ4v) is 5.56. The number of aromatic nitrogens is 5. The molecule has 3 aromatic heterocycles. The first-order valence-electron chi connectivity index (χ1n) is 10.5. The van der Waals surface area contributed by atoms with Gasteiger partial charge in [-0.25, -0.2) is 14.6 Å². The van der Waals surface area contributed by atoms with E-state index < -0.39 is 0 Å². The van der Waals surface area contributed by atoms with Gasteiger partial charge in [0, 0.05) is 42.3 Å². The first-order valence-corrected chi connectivity index (χ1v) is 11.4. The van der Waals surface area contributed by atoms with Crippen molar-refractivity contribution in [3.8, 4) is 5.82 Å². The minimum Gasteiger partial charge on any atom is -0.293 e. The van der Waals surface area contributed by atoms with Gasteiger partial charge in [0.1, 0.15) is 6.33 Å². The van der Waals surface area contributed by atoms with Crippen LogP contribution in [0.2, 0.25) is 0 Å². The molecular weight excluding hydrogens is 384 g/mol. The minimum atomic E-state index is -0.0575. The van der Waals surface area contributed by atoms with Gasteiger partial charge in [0.15, 0.2) is 5.82 Å². The summed E-state index contributed by atoms with van der Waals surface area (Å²) < 4.78 is 3.42. The number of hydrogen-bond donors (Lipinski definition) is 0. The monoisotopic (exact) mass is 410 g/mol. The van der Waals surface area contributed by atoms with Crippen LogP contribution in [-0.4, -0.2) is 41.8 Å². The van der Waals surface area contributed by atoms with Crippen LogP contribution < -0.4 is 5.56 Å². The average molecular weight is 411 g/mol. The zero-order valence-electron chi connectivity index (χ0n) is 16.5. The highest BCUT2D eigenvalue weighted by Crippen LogP contribution is 2.36. The highest BCUT2D eigenvalue weighted by atomic mass is 32.1. The third kappa shape index (κ3) is 4.04. The van der Waals surface area contributed by atoms with Crippen molar-refractivity contribution in [2.24, 2.45) is 0 Å². The van der Waals surface area contributed by atoms with E-state index in [0.29, 0.717) is 24.3 Å². The summed E-state index contributed by atoms with van der Waals surface area (Å²) >= 11 is 1.82. The van der Waals surface area contributed by atoms with Crippen LogP contribution in [-0.2, 0) is 13.1 Å². The molecule has 5 rings (SSSR count). The van der Waals surface area contributed by atoms with Crippen molar-refractivity contribution in [2.75, 3.05) is 6.54 Å². The van der Waals surface area contributed by atoms with E-state index in [2.05, 4.69) is 20.4 Å². The van der Waals surface area contributed by atoms with Gasteiger partial charge >= 0.3 is 0 Å². The fourth-order valence-electron chi connectivity index (χ4n) is 4.57. The summed E-state index contributed by atoms with van der Waals surface area (Å²) in [6.07, 6.45) is 12.8. The van der Waals surface area contributed by atoms with E-state index in [0.717, 1.165) is 25.9 Å². The van der Waals surface area contributed by atoms with Crippen molar-refractivity contribution in [3.05, 3.63) is 57.3 Å². The summed E-state index contributed by atoms with van der Waals surface area (Å²) in [4.78, 5) is 23.9. The number of nitrogens with zero attached hydrogens (tertiary/aromatic N) is 6. The summed E-state index contributed by atoms with van der Waals surface area (Å²) in [7, 11) is 0. The molecule has 152 valence electrons. The number of thiazole rings is 1. The van der Waals surface area contributed by atoms with Crippen molar-refractivity contribution in [3.63, 3.8) is 0 Å². The molecule has 0 spiro atoms. The molecule has 1 atom stereocenters. The molecule has 2 fully saturated rings. The zero-order valence-corrected chi connectivity index (χ0v) is 17.3. The predicted molar refractivity (Wildman–Crippen MR) is 112 cm³/mol. The maximum atomic E-state index is 12.4. The fraction of sp³-hybridized carbons (Fsp3) is 0.524. The Balaban J connectivity index is 1.29. The van der Waals surface area contributed by atoms with Crippen molar-refractivity contribution >= 4 is 11.3 Å². The maximum absolute atomic E-state index is 12.4. The van der Waals surface area contributed by atoms with Gasteiger partial charge in [0.05, 0.1) is 17.2 Å². The van der Waals surface area contributed by atoms with Gasteiger partial charge in [-0.1, -0.05) is 12.8 Å². The van der Waals surface area contributed by atoms with Gasteiger partial charge in [-0.3, -0.25) is 14.3 Å². The molecule has 1 saturated carbocycles. The van der Waals surface area contributed by atoms with Crippen LogP contribution >= 0.6 is 11.3 Å². The lowest BCUT2D eigenvalue weighted by Crippen LogP contribution is -2.37. The standard InChI is InChI=1S/C21H26N6OS/c28-20-8-7-19(26-11-9-22-15-26)24-27(20)13-18-6-3-10-25(18)12-17-14-29-21(23-17)16-4-1-2-5-16/h7-9,11,14-16,18H,1-6,10,12-13H2. The molecule has 0 N–H and O–H groups in total. The van der Waals surface area contributed by atoms with Crippen LogP contribution in [0.1, 0.15) is 55.1 Å². The van der Waals surface area contributed by atoms with E-state index in [1.54, 1.807) is 29.3 Å². The molecule has 1 aliphatic carbocycles. The van der Waals surface area contributed by atoms with E-state index in [4.69, 9.17) is 4.98 Å². The third-order valence-corrected chi connectivity index (χ3v) is 7.20. The van der Waals surface area contributed by atoms with Crippen molar-refractivity contribution in [1.82, 2.24) is 29.2 Å². The highest BCUT2D eigenvalue weighted by molar-refractivity contribution is 7.09. The number of imidazole rings is 1. The molecule has 0 aromatic carbocycles. The van der Waals surface area contributed by atoms with Gasteiger partial charge in [-0.05, 0) is 38.3 Å². The Bertz CT molecular complexity index is 1000. The molecule has 1 saturated heterocycles. The van der Waals surface area contributed by atoms with Gasteiger partial charge in [0.25, 0.3) is 5.56 Å². The van der Waals surface area contributed by atoms with Crippen LogP contribution in [0.3, 0.4) is 0 Å². The molecular formula is C21H26N6OS. The van der Waals surface area contributed by atoms with Crippen molar-refractivity contribution < 1.29 is 0 Å². The summed E-state index contributed by atoms with van der Waals surface area (Å²) in [5.41, 5.74) is 1.12. The first-order chi connectivity index (χ1) is 14.3. The Morgan fingerprint density at radius 1 is 1.14 bits per heavy atom. The summed E-state index contributed by atoms with van der Waals surface area (Å²) in [6, 6.07) is 3.65. The summed E-state index contributed by atoms with van der Waals surface area (Å²) in [5, 5.41) is 8.11. The molecule has 2 aliphatic rings. The molecule has 0 radical (unpaired) electrons. The van der Waals surface area contributed by atoms with E-state index in [1.165, 1.54) is 36.4 Å². The molecule has 3 aromatic rings. The van der Waals surface area contributed by atoms with Gasteiger partial charge in [0.2, 0.25) is 0 Å². The predicted octanol–water partition coefficient (Wildman–Crippen LogP) is 3.21. The first kappa shape index (κ1) is 18.7. The Morgan fingerprint density at radius 2 is 2.03 bits per heavy atom. The molecule has 0 bridgehead atoms. The lowest BCUT2D eigenvalue weighted by Gasteiger charge is -2.24. The third-order valence-electron chi connectivity index (χ3n) is 6.14. The van der Waals surface area contributed by atoms with Crippen LogP contribution in [0, 0.1) is 0 Å². The van der Waals surface area contributed by atoms with Gasteiger partial charge in [-0.15, -0.1) is 11.3 Å². The minimum absolute atomic E-state index is 0.0575. The highest BCUT2D eigenvalue weighted by Gasteiger charge is 2.27. The van der Waals surface area contributed by atoms with Gasteiger partial charge < -0.3 is 0 Å². The molecule has 1 aliphatic heterocycles. The van der Waals surface area contributed by atoms with Crippen molar-refractivity contribution in [1.29, 1.82) is 0 Å². The molecule has 8 heteroatoms. The smallest absolute Gasteiger partial charge is 0.266 e. The Kier molecular flexibility index (Phi) is 5.28. The second-order valence-corrected chi connectivity index (χ2v) is 9.00. The Hall–Kier alpha value is -2.32. The zero-order chi connectivity index (χ0) is 19.6. The normalized spacial score (nSPS) is 20.6. The summed E-state index contributed by atoms with van der Waals surface area (Å²) in [5.74, 6) is 1.39. The van der Waals surface area contributed by atoms with E-state index >= 15 is 0 Å². The molecule has 29 heavy (non-hydrogen) atoms. The second-order valence-electron chi connectivity index (χ2n) is 8.11. The van der Waals surface area contributed by atoms with E-state index in [-0.39, 0.29) is 5.56 Å². The molecule has 0 amide bonds. The maximum Gasteiger partial charge on any atom is 0.266 e. The molecule has 1 unspecified atom stereocenters. The van der Waals surface area contributed by atoms with E-state index in [9.17, 15) is 4.79 Å². The Labute approximate surface area is 174 Å².